The van der Waals surface area contributed by atoms with Gasteiger partial charge in [0.1, 0.15) is 0 Å². The molecule has 0 saturated heterocycles. The molecule has 3 rings (SSSR count). The average molecular weight is 209 g/mol. The van der Waals surface area contributed by atoms with Gasteiger partial charge in [0.05, 0.1) is 10.6 Å². The fraction of sp³-hybridized carbons (Fsp3) is 0.917. The molecule has 0 aromatic rings. The van der Waals surface area contributed by atoms with E-state index >= 15 is 0 Å². The van der Waals surface area contributed by atoms with E-state index in [9.17, 15) is 0 Å². The van der Waals surface area contributed by atoms with E-state index in [4.69, 9.17) is 4.99 Å². The topological polar surface area (TPSA) is 12.4 Å². The van der Waals surface area contributed by atoms with Crippen molar-refractivity contribution in [1.29, 1.82) is 0 Å². The van der Waals surface area contributed by atoms with Gasteiger partial charge in [-0.15, -0.1) is 11.8 Å². The molecule has 2 saturated carbocycles. The van der Waals surface area contributed by atoms with Gasteiger partial charge in [-0.2, -0.15) is 0 Å². The van der Waals surface area contributed by atoms with Crippen LogP contribution in [0.4, 0.5) is 0 Å². The number of hydrogen-bond acceptors (Lipinski definition) is 2. The van der Waals surface area contributed by atoms with Crippen LogP contribution in [0.2, 0.25) is 0 Å². The van der Waals surface area contributed by atoms with Gasteiger partial charge in [0.15, 0.2) is 0 Å². The number of nitrogens with zero attached hydrogens (tertiary/aromatic N) is 1. The summed E-state index contributed by atoms with van der Waals surface area (Å²) in [4.78, 5) is 5.04. The molecule has 2 fully saturated rings. The van der Waals surface area contributed by atoms with E-state index in [1.165, 1.54) is 30.7 Å². The van der Waals surface area contributed by atoms with Gasteiger partial charge in [-0.05, 0) is 36.3 Å². The third-order valence-corrected chi connectivity index (χ3v) is 5.75. The Bertz CT molecular complexity index is 307. The highest BCUT2D eigenvalue weighted by Crippen LogP contribution is 2.70. The Morgan fingerprint density at radius 2 is 2.14 bits per heavy atom. The predicted molar refractivity (Wildman–Crippen MR) is 62.9 cm³/mol. The molecule has 0 aromatic heterocycles. The van der Waals surface area contributed by atoms with E-state index in [-0.39, 0.29) is 0 Å². The van der Waals surface area contributed by atoms with Crippen LogP contribution in [0.15, 0.2) is 4.99 Å². The summed E-state index contributed by atoms with van der Waals surface area (Å²) in [5.41, 5.74) is 0.985. The van der Waals surface area contributed by atoms with E-state index in [0.717, 1.165) is 11.8 Å². The Labute approximate surface area is 90.8 Å². The van der Waals surface area contributed by atoms with Gasteiger partial charge in [-0.3, -0.25) is 4.99 Å². The molecule has 1 nitrogen and oxygen atoms in total. The zero-order valence-electron chi connectivity index (χ0n) is 9.34. The summed E-state index contributed by atoms with van der Waals surface area (Å²) >= 11 is 1.87. The first kappa shape index (κ1) is 9.26. The van der Waals surface area contributed by atoms with Crippen molar-refractivity contribution >= 4 is 16.8 Å². The summed E-state index contributed by atoms with van der Waals surface area (Å²) in [5, 5.41) is 1.42. The van der Waals surface area contributed by atoms with Crippen LogP contribution in [0.25, 0.3) is 0 Å². The average Bonchev–Trinajstić information content (AvgIpc) is 2.70. The minimum Gasteiger partial charge on any atom is -0.276 e. The van der Waals surface area contributed by atoms with Crippen molar-refractivity contribution in [3.05, 3.63) is 0 Å². The number of aliphatic imine (C=N–C) groups is 1. The molecule has 2 heteroatoms. The quantitative estimate of drug-likeness (QED) is 0.596. The lowest BCUT2D eigenvalue weighted by Gasteiger charge is -2.60. The standard InChI is InChI=1S/C12H19NS/c1-11(2)8-5-4-6-12(8)9(11)7-10(13-12)14-3/h8-9H,4-7H2,1-3H3. The molecule has 0 aromatic carbocycles. The van der Waals surface area contributed by atoms with Crippen molar-refractivity contribution < 1.29 is 0 Å². The molecule has 78 valence electrons. The van der Waals surface area contributed by atoms with Gasteiger partial charge >= 0.3 is 0 Å². The molecule has 0 bridgehead atoms. The number of rotatable bonds is 0. The van der Waals surface area contributed by atoms with E-state index in [0.29, 0.717) is 11.0 Å². The summed E-state index contributed by atoms with van der Waals surface area (Å²) in [7, 11) is 0. The van der Waals surface area contributed by atoms with E-state index in [1.807, 2.05) is 11.8 Å². The van der Waals surface area contributed by atoms with Crippen molar-refractivity contribution in [3.63, 3.8) is 0 Å². The first-order chi connectivity index (χ1) is 6.61. The number of thioether (sulfide) groups is 1. The smallest absolute Gasteiger partial charge is 0.0688 e. The molecular weight excluding hydrogens is 190 g/mol. The van der Waals surface area contributed by atoms with Gasteiger partial charge in [0.25, 0.3) is 0 Å². The van der Waals surface area contributed by atoms with Gasteiger partial charge in [0.2, 0.25) is 0 Å². The lowest BCUT2D eigenvalue weighted by Crippen LogP contribution is -2.61. The summed E-state index contributed by atoms with van der Waals surface area (Å²) in [6, 6.07) is 0. The molecule has 3 aliphatic rings. The van der Waals surface area contributed by atoms with Crippen LogP contribution in [0.3, 0.4) is 0 Å². The van der Waals surface area contributed by atoms with Crippen LogP contribution in [0.1, 0.15) is 39.5 Å². The zero-order chi connectivity index (χ0) is 9.97. The Morgan fingerprint density at radius 1 is 1.36 bits per heavy atom. The van der Waals surface area contributed by atoms with Crippen molar-refractivity contribution in [2.45, 2.75) is 45.1 Å². The monoisotopic (exact) mass is 209 g/mol. The lowest BCUT2D eigenvalue weighted by atomic mass is 9.45. The van der Waals surface area contributed by atoms with Crippen LogP contribution in [-0.4, -0.2) is 16.8 Å². The van der Waals surface area contributed by atoms with Crippen molar-refractivity contribution in [1.82, 2.24) is 0 Å². The predicted octanol–water partition coefficient (Wildman–Crippen LogP) is 3.35. The first-order valence-corrected chi connectivity index (χ1v) is 6.96. The third kappa shape index (κ3) is 0.827. The molecule has 1 aliphatic heterocycles. The molecule has 1 spiro atoms. The molecule has 2 aliphatic carbocycles. The molecule has 0 radical (unpaired) electrons. The maximum absolute atomic E-state index is 5.04. The maximum Gasteiger partial charge on any atom is 0.0688 e. The van der Waals surface area contributed by atoms with Crippen LogP contribution in [0, 0.1) is 17.3 Å². The minimum atomic E-state index is 0.418. The van der Waals surface area contributed by atoms with Gasteiger partial charge < -0.3 is 0 Å². The van der Waals surface area contributed by atoms with E-state index in [2.05, 4.69) is 20.1 Å². The summed E-state index contributed by atoms with van der Waals surface area (Å²) in [6.45, 7) is 4.93. The Morgan fingerprint density at radius 3 is 2.86 bits per heavy atom. The zero-order valence-corrected chi connectivity index (χ0v) is 10.2. The number of hydrogen-bond donors (Lipinski definition) is 0. The van der Waals surface area contributed by atoms with Crippen LogP contribution in [0.5, 0.6) is 0 Å². The van der Waals surface area contributed by atoms with Gasteiger partial charge in [0, 0.05) is 6.42 Å². The van der Waals surface area contributed by atoms with Crippen molar-refractivity contribution in [2.75, 3.05) is 6.26 Å². The maximum atomic E-state index is 5.04. The Kier molecular flexibility index (Phi) is 1.70. The fourth-order valence-corrected chi connectivity index (χ4v) is 5.07. The van der Waals surface area contributed by atoms with Crippen molar-refractivity contribution in [2.24, 2.45) is 22.2 Å². The normalized spacial score (nSPS) is 48.1. The second kappa shape index (κ2) is 2.58. The highest BCUT2D eigenvalue weighted by molar-refractivity contribution is 8.13. The van der Waals surface area contributed by atoms with Gasteiger partial charge in [-0.25, -0.2) is 0 Å². The highest BCUT2D eigenvalue weighted by atomic mass is 32.2. The second-order valence-corrected chi connectivity index (χ2v) is 6.60. The molecule has 3 atom stereocenters. The lowest BCUT2D eigenvalue weighted by molar-refractivity contribution is -0.0834. The third-order valence-electron chi connectivity index (χ3n) is 5.02. The summed E-state index contributed by atoms with van der Waals surface area (Å²) in [6.07, 6.45) is 7.65. The molecule has 0 amide bonds. The molecule has 14 heavy (non-hydrogen) atoms. The van der Waals surface area contributed by atoms with Crippen LogP contribution >= 0.6 is 11.8 Å². The largest absolute Gasteiger partial charge is 0.276 e. The van der Waals surface area contributed by atoms with Gasteiger partial charge in [-0.1, -0.05) is 20.3 Å². The Hall–Kier alpha value is 0.0200. The van der Waals surface area contributed by atoms with E-state index in [1.54, 1.807) is 0 Å². The molecule has 3 unspecified atom stereocenters. The molecular formula is C12H19NS. The van der Waals surface area contributed by atoms with Crippen molar-refractivity contribution in [3.8, 4) is 0 Å². The first-order valence-electron chi connectivity index (χ1n) is 5.74. The molecule has 1 heterocycles. The highest BCUT2D eigenvalue weighted by Gasteiger charge is 2.69. The van der Waals surface area contributed by atoms with Crippen LogP contribution < -0.4 is 0 Å². The summed E-state index contributed by atoms with van der Waals surface area (Å²) < 4.78 is 0. The minimum absolute atomic E-state index is 0.418. The Balaban J connectivity index is 1.99. The fourth-order valence-electron chi connectivity index (χ4n) is 4.47. The van der Waals surface area contributed by atoms with E-state index < -0.39 is 0 Å². The second-order valence-electron chi connectivity index (χ2n) is 5.72. The van der Waals surface area contributed by atoms with Crippen LogP contribution in [-0.2, 0) is 0 Å². The SMILES string of the molecule is CSC1=NC23CCCC2C(C)(C)C3C1. The molecule has 0 N–H and O–H groups in total. The summed E-state index contributed by atoms with van der Waals surface area (Å²) in [5.74, 6) is 1.76.